The molecule has 2 N–H and O–H groups in total. The summed E-state index contributed by atoms with van der Waals surface area (Å²) in [5.41, 5.74) is 1.01. The zero-order valence-corrected chi connectivity index (χ0v) is 16.5. The van der Waals surface area contributed by atoms with E-state index < -0.39 is 22.5 Å². The number of halogens is 1. The van der Waals surface area contributed by atoms with Crippen LogP contribution in [0.3, 0.4) is 0 Å². The molecular formula is C18H21ClN2O5S. The van der Waals surface area contributed by atoms with Crippen molar-refractivity contribution in [2.24, 2.45) is 0 Å². The Hall–Kier alpha value is -2.29. The van der Waals surface area contributed by atoms with Gasteiger partial charge in [-0.05, 0) is 48.9 Å². The van der Waals surface area contributed by atoms with Gasteiger partial charge in [-0.15, -0.1) is 0 Å². The van der Waals surface area contributed by atoms with E-state index in [1.807, 2.05) is 0 Å². The third-order valence-corrected chi connectivity index (χ3v) is 5.77. The smallest absolute Gasteiger partial charge is 0.268 e. The van der Waals surface area contributed by atoms with Gasteiger partial charge in [0.1, 0.15) is 17.2 Å². The number of anilines is 1. The summed E-state index contributed by atoms with van der Waals surface area (Å²) < 4.78 is 32.9. The average Bonchev–Trinajstić information content (AvgIpc) is 2.65. The molecule has 0 spiro atoms. The van der Waals surface area contributed by atoms with Crippen LogP contribution in [0, 0.1) is 6.92 Å². The van der Waals surface area contributed by atoms with E-state index >= 15 is 0 Å². The van der Waals surface area contributed by atoms with Crippen LogP contribution in [-0.4, -0.2) is 46.2 Å². The minimum absolute atomic E-state index is 0.0289. The summed E-state index contributed by atoms with van der Waals surface area (Å²) in [4.78, 5) is 12.1. The molecule has 0 radical (unpaired) electrons. The van der Waals surface area contributed by atoms with Crippen molar-refractivity contribution in [3.8, 4) is 5.75 Å². The summed E-state index contributed by atoms with van der Waals surface area (Å²) >= 11 is 5.90. The number of ether oxygens (including phenoxy) is 1. The zero-order valence-electron chi connectivity index (χ0n) is 15.0. The van der Waals surface area contributed by atoms with Crippen molar-refractivity contribution in [2.75, 3.05) is 31.1 Å². The number of hydrogen-bond acceptors (Lipinski definition) is 5. The normalized spacial score (nSPS) is 11.1. The van der Waals surface area contributed by atoms with Crippen LogP contribution in [0.2, 0.25) is 5.02 Å². The molecule has 0 bridgehead atoms. The molecule has 0 saturated carbocycles. The monoisotopic (exact) mass is 412 g/mol. The average molecular weight is 413 g/mol. The highest BCUT2D eigenvalue weighted by atomic mass is 35.5. The van der Waals surface area contributed by atoms with Gasteiger partial charge < -0.3 is 15.2 Å². The zero-order chi connectivity index (χ0) is 20.0. The predicted octanol–water partition coefficient (Wildman–Crippen LogP) is 1.96. The fourth-order valence-electron chi connectivity index (χ4n) is 2.41. The third kappa shape index (κ3) is 5.12. The number of hydrogen-bond donors (Lipinski definition) is 2. The van der Waals surface area contributed by atoms with E-state index in [0.29, 0.717) is 5.02 Å². The summed E-state index contributed by atoms with van der Waals surface area (Å²) in [7, 11) is -2.73. The van der Waals surface area contributed by atoms with Crippen molar-refractivity contribution >= 4 is 33.2 Å². The van der Waals surface area contributed by atoms with E-state index in [-0.39, 0.29) is 29.5 Å². The molecule has 7 nitrogen and oxygen atoms in total. The molecule has 0 unspecified atom stereocenters. The van der Waals surface area contributed by atoms with Gasteiger partial charge in [-0.3, -0.25) is 9.10 Å². The van der Waals surface area contributed by atoms with E-state index in [4.69, 9.17) is 21.4 Å². The Balaban J connectivity index is 2.52. The second-order valence-electron chi connectivity index (χ2n) is 5.72. The van der Waals surface area contributed by atoms with Gasteiger partial charge in [-0.2, -0.15) is 0 Å². The minimum atomic E-state index is -4.11. The van der Waals surface area contributed by atoms with E-state index in [2.05, 4.69) is 5.32 Å². The second kappa shape index (κ2) is 9.07. The first kappa shape index (κ1) is 21.0. The Labute approximate surface area is 163 Å². The number of aliphatic hydroxyl groups is 1. The summed E-state index contributed by atoms with van der Waals surface area (Å²) in [6.45, 7) is 1.09. The van der Waals surface area contributed by atoms with Crippen LogP contribution in [0.15, 0.2) is 47.4 Å². The number of benzene rings is 2. The maximum absolute atomic E-state index is 13.3. The number of carbonyl (C=O) groups excluding carboxylic acids is 1. The number of rotatable bonds is 8. The number of methoxy groups -OCH3 is 1. The fraction of sp³-hybridized carbons (Fsp3) is 0.278. The number of sulfonamides is 1. The van der Waals surface area contributed by atoms with Crippen molar-refractivity contribution < 1.29 is 23.1 Å². The van der Waals surface area contributed by atoms with Gasteiger partial charge in [0.2, 0.25) is 5.91 Å². The topological polar surface area (TPSA) is 95.9 Å². The van der Waals surface area contributed by atoms with Crippen molar-refractivity contribution in [1.82, 2.24) is 5.32 Å². The number of nitrogens with zero attached hydrogens (tertiary/aromatic N) is 1. The van der Waals surface area contributed by atoms with Crippen LogP contribution in [-0.2, 0) is 14.8 Å². The van der Waals surface area contributed by atoms with E-state index in [1.54, 1.807) is 31.2 Å². The molecule has 0 fully saturated rings. The Morgan fingerprint density at radius 1 is 1.22 bits per heavy atom. The van der Waals surface area contributed by atoms with Gasteiger partial charge in [0, 0.05) is 11.6 Å². The van der Waals surface area contributed by atoms with Gasteiger partial charge in [-0.25, -0.2) is 8.42 Å². The third-order valence-electron chi connectivity index (χ3n) is 3.72. The predicted molar refractivity (Wildman–Crippen MR) is 104 cm³/mol. The Morgan fingerprint density at radius 2 is 1.89 bits per heavy atom. The second-order valence-corrected chi connectivity index (χ2v) is 7.98. The number of amides is 1. The lowest BCUT2D eigenvalue weighted by molar-refractivity contribution is -0.119. The highest BCUT2D eigenvalue weighted by Crippen LogP contribution is 2.31. The summed E-state index contributed by atoms with van der Waals surface area (Å²) in [6.07, 6.45) is 0. The highest BCUT2D eigenvalue weighted by Gasteiger charge is 2.30. The lowest BCUT2D eigenvalue weighted by atomic mass is 10.2. The molecule has 0 aliphatic carbocycles. The SMILES string of the molecule is COc1ccc(C)cc1S(=O)(=O)N(CC(=O)NCCO)c1ccc(Cl)cc1. The van der Waals surface area contributed by atoms with Crippen LogP contribution in [0.1, 0.15) is 5.56 Å². The first-order valence-electron chi connectivity index (χ1n) is 8.10. The standard InChI is InChI=1S/C18H21ClN2O5S/c1-13-3-8-16(26-2)17(11-13)27(24,25)21(12-18(23)20-9-10-22)15-6-4-14(19)5-7-15/h3-8,11,22H,9-10,12H2,1-2H3,(H,20,23). The van der Waals surface area contributed by atoms with E-state index in [0.717, 1.165) is 9.87 Å². The summed E-state index contributed by atoms with van der Waals surface area (Å²) in [6, 6.07) is 10.9. The van der Waals surface area contributed by atoms with Gasteiger partial charge in [0.05, 0.1) is 19.4 Å². The van der Waals surface area contributed by atoms with Crippen LogP contribution in [0.5, 0.6) is 5.75 Å². The molecule has 9 heteroatoms. The molecule has 2 aromatic rings. The van der Waals surface area contributed by atoms with E-state index in [1.165, 1.54) is 25.3 Å². The molecule has 2 rings (SSSR count). The molecule has 0 aliphatic heterocycles. The van der Waals surface area contributed by atoms with Crippen LogP contribution < -0.4 is 14.4 Å². The Bertz CT molecular complexity index is 900. The summed E-state index contributed by atoms with van der Waals surface area (Å²) in [5, 5.41) is 11.7. The number of carbonyl (C=O) groups is 1. The van der Waals surface area contributed by atoms with Crippen molar-refractivity contribution in [3.05, 3.63) is 53.1 Å². The number of nitrogens with one attached hydrogen (secondary N) is 1. The molecule has 0 heterocycles. The molecule has 146 valence electrons. The molecule has 0 atom stereocenters. The van der Waals surface area contributed by atoms with Gasteiger partial charge in [0.15, 0.2) is 0 Å². The quantitative estimate of drug-likeness (QED) is 0.691. The molecule has 27 heavy (non-hydrogen) atoms. The Morgan fingerprint density at radius 3 is 2.48 bits per heavy atom. The maximum Gasteiger partial charge on any atom is 0.268 e. The van der Waals surface area contributed by atoms with Gasteiger partial charge in [0.25, 0.3) is 10.0 Å². The molecule has 0 saturated heterocycles. The molecule has 1 amide bonds. The van der Waals surface area contributed by atoms with Crippen molar-refractivity contribution in [1.29, 1.82) is 0 Å². The number of aryl methyl sites for hydroxylation is 1. The summed E-state index contributed by atoms with van der Waals surface area (Å²) in [5.74, 6) is -0.371. The molecule has 0 aromatic heterocycles. The fourth-order valence-corrected chi connectivity index (χ4v) is 4.20. The van der Waals surface area contributed by atoms with E-state index in [9.17, 15) is 13.2 Å². The van der Waals surface area contributed by atoms with Crippen LogP contribution in [0.25, 0.3) is 0 Å². The van der Waals surface area contributed by atoms with Gasteiger partial charge >= 0.3 is 0 Å². The lowest BCUT2D eigenvalue weighted by Crippen LogP contribution is -2.41. The number of aliphatic hydroxyl groups excluding tert-OH is 1. The maximum atomic E-state index is 13.3. The first-order chi connectivity index (χ1) is 12.8. The highest BCUT2D eigenvalue weighted by molar-refractivity contribution is 7.93. The van der Waals surface area contributed by atoms with Crippen molar-refractivity contribution in [3.63, 3.8) is 0 Å². The van der Waals surface area contributed by atoms with Crippen LogP contribution >= 0.6 is 11.6 Å². The first-order valence-corrected chi connectivity index (χ1v) is 9.92. The largest absolute Gasteiger partial charge is 0.495 e. The Kier molecular flexibility index (Phi) is 7.06. The molecule has 0 aliphatic rings. The molecule has 2 aromatic carbocycles. The lowest BCUT2D eigenvalue weighted by Gasteiger charge is -2.25. The van der Waals surface area contributed by atoms with Crippen molar-refractivity contribution in [2.45, 2.75) is 11.8 Å². The minimum Gasteiger partial charge on any atom is -0.495 e. The molecular weight excluding hydrogens is 392 g/mol. The van der Waals surface area contributed by atoms with Gasteiger partial charge in [-0.1, -0.05) is 17.7 Å². The van der Waals surface area contributed by atoms with Crippen LogP contribution in [0.4, 0.5) is 5.69 Å².